The number of H-pyrrole nitrogens is 2. The van der Waals surface area contributed by atoms with Gasteiger partial charge in [-0.2, -0.15) is 0 Å². The lowest BCUT2D eigenvalue weighted by Crippen LogP contribution is -2.23. The fourth-order valence-corrected chi connectivity index (χ4v) is 2.31. The van der Waals surface area contributed by atoms with Crippen molar-refractivity contribution >= 4 is 16.8 Å². The van der Waals surface area contributed by atoms with Crippen molar-refractivity contribution < 1.29 is 4.79 Å². The molecule has 3 rings (SSSR count). The first-order chi connectivity index (χ1) is 9.25. The number of carbonyl (C=O) groups is 1. The quantitative estimate of drug-likeness (QED) is 0.660. The van der Waals surface area contributed by atoms with Gasteiger partial charge in [-0.3, -0.25) is 4.79 Å². The minimum Gasteiger partial charge on any atom is -0.367 e. The summed E-state index contributed by atoms with van der Waals surface area (Å²) in [5.41, 5.74) is 3.68. The van der Waals surface area contributed by atoms with Gasteiger partial charge >= 0.3 is 0 Å². The van der Waals surface area contributed by atoms with Crippen molar-refractivity contribution in [1.82, 2.24) is 15.3 Å². The molecular weight excluding hydrogens is 238 g/mol. The third-order valence-electron chi connectivity index (χ3n) is 3.24. The van der Waals surface area contributed by atoms with Gasteiger partial charge < -0.3 is 15.3 Å². The fourth-order valence-electron chi connectivity index (χ4n) is 2.31. The summed E-state index contributed by atoms with van der Waals surface area (Å²) >= 11 is 0. The zero-order chi connectivity index (χ0) is 13.2. The zero-order valence-corrected chi connectivity index (χ0v) is 10.7. The van der Waals surface area contributed by atoms with Gasteiger partial charge in [-0.15, -0.1) is 0 Å². The van der Waals surface area contributed by atoms with Crippen molar-refractivity contribution in [2.24, 2.45) is 0 Å². The van der Waals surface area contributed by atoms with Gasteiger partial charge in [0.1, 0.15) is 0 Å². The van der Waals surface area contributed by atoms with Crippen LogP contribution in [0.2, 0.25) is 0 Å². The fraction of sp³-hybridized carbons (Fsp3) is 0.133. The molecule has 0 aliphatic rings. The Morgan fingerprint density at radius 3 is 2.89 bits per heavy atom. The van der Waals surface area contributed by atoms with Crippen LogP contribution in [0.5, 0.6) is 0 Å². The second kappa shape index (κ2) is 4.65. The molecule has 3 N–H and O–H groups in total. The van der Waals surface area contributed by atoms with E-state index >= 15 is 0 Å². The van der Waals surface area contributed by atoms with E-state index in [2.05, 4.69) is 15.3 Å². The summed E-state index contributed by atoms with van der Waals surface area (Å²) in [6.07, 6.45) is 3.72. The van der Waals surface area contributed by atoms with Crippen LogP contribution in [0.4, 0.5) is 0 Å². The van der Waals surface area contributed by atoms with Crippen LogP contribution in [0.25, 0.3) is 10.9 Å². The molecule has 0 aliphatic heterocycles. The summed E-state index contributed by atoms with van der Waals surface area (Å²) in [5, 5.41) is 3.91. The smallest absolute Gasteiger partial charge is 0.253 e. The average Bonchev–Trinajstić information content (AvgIpc) is 3.02. The van der Waals surface area contributed by atoms with Gasteiger partial charge in [0.2, 0.25) is 0 Å². The monoisotopic (exact) mass is 253 g/mol. The SMILES string of the molecule is Cc1[nH]c2ccccc2c1C(=O)NCc1cc[nH]c1. The Labute approximate surface area is 110 Å². The Bertz CT molecular complexity index is 710. The minimum absolute atomic E-state index is 0.0452. The van der Waals surface area contributed by atoms with E-state index in [0.29, 0.717) is 6.54 Å². The lowest BCUT2D eigenvalue weighted by molar-refractivity contribution is 0.0952. The first-order valence-electron chi connectivity index (χ1n) is 6.23. The number of amides is 1. The number of aromatic amines is 2. The van der Waals surface area contributed by atoms with Crippen LogP contribution in [0.1, 0.15) is 21.6 Å². The minimum atomic E-state index is -0.0452. The topological polar surface area (TPSA) is 60.7 Å². The summed E-state index contributed by atoms with van der Waals surface area (Å²) in [4.78, 5) is 18.5. The van der Waals surface area contributed by atoms with Crippen molar-refractivity contribution in [3.63, 3.8) is 0 Å². The van der Waals surface area contributed by atoms with Crippen molar-refractivity contribution in [1.29, 1.82) is 0 Å². The van der Waals surface area contributed by atoms with Crippen LogP contribution in [-0.4, -0.2) is 15.9 Å². The first-order valence-corrected chi connectivity index (χ1v) is 6.23. The molecule has 0 unspecified atom stereocenters. The molecule has 0 saturated carbocycles. The highest BCUT2D eigenvalue weighted by Crippen LogP contribution is 2.21. The van der Waals surface area contributed by atoms with Crippen molar-refractivity contribution in [2.75, 3.05) is 0 Å². The standard InChI is InChI=1S/C15H15N3O/c1-10-14(12-4-2-3-5-13(12)18-10)15(19)17-9-11-6-7-16-8-11/h2-8,16,18H,9H2,1H3,(H,17,19). The lowest BCUT2D eigenvalue weighted by atomic mass is 10.1. The van der Waals surface area contributed by atoms with Gasteiger partial charge in [0.05, 0.1) is 5.56 Å². The normalized spacial score (nSPS) is 10.8. The summed E-state index contributed by atoms with van der Waals surface area (Å²) in [7, 11) is 0. The summed E-state index contributed by atoms with van der Waals surface area (Å²) < 4.78 is 0. The van der Waals surface area contributed by atoms with Gasteiger partial charge in [-0.25, -0.2) is 0 Å². The molecule has 19 heavy (non-hydrogen) atoms. The first kappa shape index (κ1) is 11.6. The molecule has 2 aromatic heterocycles. The number of aryl methyl sites for hydroxylation is 1. The Hall–Kier alpha value is -2.49. The van der Waals surface area contributed by atoms with Gasteiger partial charge in [0, 0.05) is 35.5 Å². The molecule has 4 heteroatoms. The second-order valence-electron chi connectivity index (χ2n) is 4.57. The molecule has 0 radical (unpaired) electrons. The summed E-state index contributed by atoms with van der Waals surface area (Å²) in [5.74, 6) is -0.0452. The highest BCUT2D eigenvalue weighted by atomic mass is 16.1. The third kappa shape index (κ3) is 2.12. The van der Waals surface area contributed by atoms with Crippen LogP contribution in [0.3, 0.4) is 0 Å². The van der Waals surface area contributed by atoms with Crippen molar-refractivity contribution in [2.45, 2.75) is 13.5 Å². The van der Waals surface area contributed by atoms with E-state index in [1.165, 1.54) is 0 Å². The van der Waals surface area contributed by atoms with E-state index in [1.807, 2.05) is 49.6 Å². The van der Waals surface area contributed by atoms with Gasteiger partial charge in [0.15, 0.2) is 0 Å². The Balaban J connectivity index is 1.87. The molecule has 3 aromatic rings. The number of hydrogen-bond donors (Lipinski definition) is 3. The van der Waals surface area contributed by atoms with Crippen molar-refractivity contribution in [3.05, 3.63) is 59.5 Å². The van der Waals surface area contributed by atoms with Crippen LogP contribution < -0.4 is 5.32 Å². The Morgan fingerprint density at radius 1 is 1.26 bits per heavy atom. The highest BCUT2D eigenvalue weighted by Gasteiger charge is 2.15. The van der Waals surface area contributed by atoms with Crippen LogP contribution in [0.15, 0.2) is 42.7 Å². The van der Waals surface area contributed by atoms with E-state index in [9.17, 15) is 4.79 Å². The number of carbonyl (C=O) groups excluding carboxylic acids is 1. The van der Waals surface area contributed by atoms with Crippen LogP contribution in [-0.2, 0) is 6.54 Å². The zero-order valence-electron chi connectivity index (χ0n) is 10.7. The van der Waals surface area contributed by atoms with E-state index in [0.717, 1.165) is 27.7 Å². The van der Waals surface area contributed by atoms with Gasteiger partial charge in [-0.05, 0) is 24.6 Å². The molecule has 0 atom stereocenters. The Morgan fingerprint density at radius 2 is 2.11 bits per heavy atom. The molecule has 0 spiro atoms. The molecular formula is C15H15N3O. The van der Waals surface area contributed by atoms with E-state index in [4.69, 9.17) is 0 Å². The predicted octanol–water partition coefficient (Wildman–Crippen LogP) is 2.73. The molecule has 1 aromatic carbocycles. The maximum absolute atomic E-state index is 12.3. The van der Waals surface area contributed by atoms with E-state index in [1.54, 1.807) is 0 Å². The van der Waals surface area contributed by atoms with Crippen molar-refractivity contribution in [3.8, 4) is 0 Å². The second-order valence-corrected chi connectivity index (χ2v) is 4.57. The molecule has 0 bridgehead atoms. The highest BCUT2D eigenvalue weighted by molar-refractivity contribution is 6.08. The molecule has 0 fully saturated rings. The van der Waals surface area contributed by atoms with E-state index < -0.39 is 0 Å². The summed E-state index contributed by atoms with van der Waals surface area (Å²) in [6.45, 7) is 2.45. The molecule has 96 valence electrons. The number of benzene rings is 1. The molecule has 4 nitrogen and oxygen atoms in total. The lowest BCUT2D eigenvalue weighted by Gasteiger charge is -2.04. The molecule has 0 aliphatic carbocycles. The Kier molecular flexibility index (Phi) is 2.83. The van der Waals surface area contributed by atoms with Crippen LogP contribution >= 0.6 is 0 Å². The molecule has 2 heterocycles. The van der Waals surface area contributed by atoms with Crippen LogP contribution in [0, 0.1) is 6.92 Å². The average molecular weight is 253 g/mol. The summed E-state index contributed by atoms with van der Waals surface area (Å²) in [6, 6.07) is 9.79. The third-order valence-corrected chi connectivity index (χ3v) is 3.24. The predicted molar refractivity (Wildman–Crippen MR) is 75.0 cm³/mol. The maximum Gasteiger partial charge on any atom is 0.253 e. The number of fused-ring (bicyclic) bond motifs is 1. The molecule has 0 saturated heterocycles. The number of rotatable bonds is 3. The van der Waals surface area contributed by atoms with Gasteiger partial charge in [0.25, 0.3) is 5.91 Å². The number of aromatic nitrogens is 2. The number of para-hydroxylation sites is 1. The van der Waals surface area contributed by atoms with Gasteiger partial charge in [-0.1, -0.05) is 18.2 Å². The number of nitrogens with one attached hydrogen (secondary N) is 3. The maximum atomic E-state index is 12.3. The largest absolute Gasteiger partial charge is 0.367 e. The molecule has 1 amide bonds. The van der Waals surface area contributed by atoms with E-state index in [-0.39, 0.29) is 5.91 Å². The number of hydrogen-bond acceptors (Lipinski definition) is 1.